The first kappa shape index (κ1) is 14.7. The van der Waals surface area contributed by atoms with E-state index in [0.29, 0.717) is 31.9 Å². The number of thiazole rings is 1. The Balaban J connectivity index is 1.96. The number of piperazine rings is 1. The van der Waals surface area contributed by atoms with E-state index >= 15 is 0 Å². The second kappa shape index (κ2) is 6.19. The van der Waals surface area contributed by atoms with Gasteiger partial charge < -0.3 is 20.3 Å². The maximum Gasteiger partial charge on any atom is 0.409 e. The van der Waals surface area contributed by atoms with Crippen LogP contribution in [0.1, 0.15) is 28.5 Å². The highest BCUT2D eigenvalue weighted by molar-refractivity contribution is 7.09. The molecule has 0 aromatic carbocycles. The van der Waals surface area contributed by atoms with Gasteiger partial charge in [-0.25, -0.2) is 9.78 Å². The van der Waals surface area contributed by atoms with Gasteiger partial charge >= 0.3 is 6.09 Å². The molecule has 2 amide bonds. The number of hydrogen-bond donors (Lipinski definition) is 1. The van der Waals surface area contributed by atoms with Crippen LogP contribution in [0.2, 0.25) is 0 Å². The molecule has 0 saturated carbocycles. The van der Waals surface area contributed by atoms with Gasteiger partial charge in [0.15, 0.2) is 0 Å². The first-order valence-electron chi connectivity index (χ1n) is 6.36. The highest BCUT2D eigenvalue weighted by atomic mass is 32.1. The summed E-state index contributed by atoms with van der Waals surface area (Å²) < 4.78 is 4.66. The van der Waals surface area contributed by atoms with Crippen molar-refractivity contribution in [2.75, 3.05) is 33.3 Å². The van der Waals surface area contributed by atoms with Gasteiger partial charge in [0.1, 0.15) is 10.7 Å². The molecular formula is C12H18N4O3S. The van der Waals surface area contributed by atoms with Crippen molar-refractivity contribution in [2.24, 2.45) is 5.73 Å². The van der Waals surface area contributed by atoms with Crippen molar-refractivity contribution >= 4 is 23.3 Å². The van der Waals surface area contributed by atoms with Crippen LogP contribution in [0.25, 0.3) is 0 Å². The molecule has 2 heterocycles. The Labute approximate surface area is 121 Å². The second-order valence-electron chi connectivity index (χ2n) is 4.61. The number of carbonyl (C=O) groups excluding carboxylic acids is 2. The monoisotopic (exact) mass is 298 g/mol. The molecule has 1 aliphatic heterocycles. The van der Waals surface area contributed by atoms with E-state index in [1.165, 1.54) is 18.4 Å². The van der Waals surface area contributed by atoms with Gasteiger partial charge in [-0.15, -0.1) is 11.3 Å². The van der Waals surface area contributed by atoms with E-state index < -0.39 is 0 Å². The number of rotatable bonds is 2. The number of nitrogens with two attached hydrogens (primary N) is 1. The van der Waals surface area contributed by atoms with Gasteiger partial charge in [0.05, 0.1) is 13.2 Å². The minimum atomic E-state index is -0.356. The van der Waals surface area contributed by atoms with E-state index in [0.717, 1.165) is 5.01 Å². The third kappa shape index (κ3) is 3.07. The Morgan fingerprint density at radius 1 is 1.35 bits per heavy atom. The zero-order chi connectivity index (χ0) is 14.7. The first-order chi connectivity index (χ1) is 9.52. The molecule has 1 aromatic heterocycles. The van der Waals surface area contributed by atoms with Crippen molar-refractivity contribution < 1.29 is 14.3 Å². The topological polar surface area (TPSA) is 88.8 Å². The van der Waals surface area contributed by atoms with Gasteiger partial charge in [-0.05, 0) is 6.92 Å². The molecule has 1 saturated heterocycles. The number of nitrogens with zero attached hydrogens (tertiary/aromatic N) is 3. The van der Waals surface area contributed by atoms with Crippen molar-refractivity contribution in [2.45, 2.75) is 13.0 Å². The molecule has 2 rings (SSSR count). The van der Waals surface area contributed by atoms with E-state index in [1.807, 2.05) is 6.92 Å². The molecule has 0 bridgehead atoms. The SMILES string of the molecule is COC(=O)N1CCN(C(=O)c2csc(C(C)N)n2)CC1. The number of amides is 2. The second-order valence-corrected chi connectivity index (χ2v) is 5.50. The molecule has 7 nitrogen and oxygen atoms in total. The number of aromatic nitrogens is 1. The van der Waals surface area contributed by atoms with Crippen LogP contribution in [0.5, 0.6) is 0 Å². The lowest BCUT2D eigenvalue weighted by Gasteiger charge is -2.33. The first-order valence-corrected chi connectivity index (χ1v) is 7.24. The van der Waals surface area contributed by atoms with E-state index in [-0.39, 0.29) is 18.0 Å². The fourth-order valence-corrected chi connectivity index (χ4v) is 2.73. The summed E-state index contributed by atoms with van der Waals surface area (Å²) in [5, 5.41) is 2.48. The molecule has 1 fully saturated rings. The van der Waals surface area contributed by atoms with Crippen LogP contribution < -0.4 is 5.73 Å². The van der Waals surface area contributed by atoms with Crippen LogP contribution in [0.4, 0.5) is 4.79 Å². The molecular weight excluding hydrogens is 280 g/mol. The molecule has 1 aromatic rings. The fraction of sp³-hybridized carbons (Fsp3) is 0.583. The lowest BCUT2D eigenvalue weighted by molar-refractivity contribution is 0.0595. The maximum absolute atomic E-state index is 12.3. The van der Waals surface area contributed by atoms with Crippen molar-refractivity contribution in [1.82, 2.24) is 14.8 Å². The van der Waals surface area contributed by atoms with Crippen LogP contribution in [0, 0.1) is 0 Å². The fourth-order valence-electron chi connectivity index (χ4n) is 1.98. The Kier molecular flexibility index (Phi) is 4.56. The zero-order valence-corrected chi connectivity index (χ0v) is 12.4. The van der Waals surface area contributed by atoms with Crippen LogP contribution in [0.3, 0.4) is 0 Å². The molecule has 2 N–H and O–H groups in total. The maximum atomic E-state index is 12.3. The molecule has 0 spiro atoms. The van der Waals surface area contributed by atoms with Crippen LogP contribution in [-0.2, 0) is 4.74 Å². The lowest BCUT2D eigenvalue weighted by Crippen LogP contribution is -2.50. The van der Waals surface area contributed by atoms with Crippen molar-refractivity contribution in [3.05, 3.63) is 16.1 Å². The van der Waals surface area contributed by atoms with Gasteiger partial charge in [0, 0.05) is 31.6 Å². The Morgan fingerprint density at radius 2 is 1.95 bits per heavy atom. The van der Waals surface area contributed by atoms with Crippen molar-refractivity contribution in [3.8, 4) is 0 Å². The van der Waals surface area contributed by atoms with Crippen molar-refractivity contribution in [3.63, 3.8) is 0 Å². The molecule has 0 radical (unpaired) electrons. The van der Waals surface area contributed by atoms with Crippen LogP contribution in [0.15, 0.2) is 5.38 Å². The van der Waals surface area contributed by atoms with Gasteiger partial charge in [-0.3, -0.25) is 4.79 Å². The normalized spacial score (nSPS) is 16.9. The smallest absolute Gasteiger partial charge is 0.409 e. The zero-order valence-electron chi connectivity index (χ0n) is 11.5. The molecule has 0 aliphatic carbocycles. The average Bonchev–Trinajstić information content (AvgIpc) is 2.96. The molecule has 1 unspecified atom stereocenters. The predicted octanol–water partition coefficient (Wildman–Crippen LogP) is 0.687. The van der Waals surface area contributed by atoms with E-state index in [9.17, 15) is 9.59 Å². The quantitative estimate of drug-likeness (QED) is 0.867. The van der Waals surface area contributed by atoms with Gasteiger partial charge in [0.25, 0.3) is 5.91 Å². The Morgan fingerprint density at radius 3 is 2.45 bits per heavy atom. The van der Waals surface area contributed by atoms with Gasteiger partial charge in [-0.1, -0.05) is 0 Å². The third-order valence-electron chi connectivity index (χ3n) is 3.13. The average molecular weight is 298 g/mol. The van der Waals surface area contributed by atoms with Gasteiger partial charge in [0.2, 0.25) is 0 Å². The Bertz CT molecular complexity index is 495. The number of hydrogen-bond acceptors (Lipinski definition) is 6. The molecule has 8 heteroatoms. The minimum absolute atomic E-state index is 0.113. The highest BCUT2D eigenvalue weighted by Gasteiger charge is 2.26. The van der Waals surface area contributed by atoms with Gasteiger partial charge in [-0.2, -0.15) is 0 Å². The summed E-state index contributed by atoms with van der Waals surface area (Å²) in [4.78, 5) is 31.2. The number of ether oxygens (including phenoxy) is 1. The summed E-state index contributed by atoms with van der Waals surface area (Å²) in [5.41, 5.74) is 6.16. The summed E-state index contributed by atoms with van der Waals surface area (Å²) in [6.07, 6.45) is -0.356. The lowest BCUT2D eigenvalue weighted by atomic mass is 10.3. The third-order valence-corrected chi connectivity index (χ3v) is 4.18. The Hall–Kier alpha value is -1.67. The van der Waals surface area contributed by atoms with E-state index in [4.69, 9.17) is 5.73 Å². The minimum Gasteiger partial charge on any atom is -0.453 e. The molecule has 1 atom stereocenters. The molecule has 110 valence electrons. The van der Waals surface area contributed by atoms with E-state index in [2.05, 4.69) is 9.72 Å². The molecule has 1 aliphatic rings. The van der Waals surface area contributed by atoms with Crippen molar-refractivity contribution in [1.29, 1.82) is 0 Å². The predicted molar refractivity (Wildman–Crippen MR) is 74.6 cm³/mol. The van der Waals surface area contributed by atoms with Crippen LogP contribution >= 0.6 is 11.3 Å². The standard InChI is InChI=1S/C12H18N4O3S/c1-8(13)10-14-9(7-20-10)11(17)15-3-5-16(6-4-15)12(18)19-2/h7-8H,3-6,13H2,1-2H3. The largest absolute Gasteiger partial charge is 0.453 e. The summed E-state index contributed by atoms with van der Waals surface area (Å²) >= 11 is 1.39. The summed E-state index contributed by atoms with van der Waals surface area (Å²) in [6, 6.07) is -0.169. The van der Waals surface area contributed by atoms with Crippen LogP contribution in [-0.4, -0.2) is 60.1 Å². The molecule has 20 heavy (non-hydrogen) atoms. The highest BCUT2D eigenvalue weighted by Crippen LogP contribution is 2.17. The number of methoxy groups -OCH3 is 1. The summed E-state index contributed by atoms with van der Waals surface area (Å²) in [7, 11) is 1.35. The van der Waals surface area contributed by atoms with E-state index in [1.54, 1.807) is 15.2 Å². The summed E-state index contributed by atoms with van der Waals surface area (Å²) in [5.74, 6) is -0.113. The number of carbonyl (C=O) groups is 2. The summed E-state index contributed by atoms with van der Waals surface area (Å²) in [6.45, 7) is 3.76.